The smallest absolute Gasteiger partial charge is 0.238 e. The van der Waals surface area contributed by atoms with Crippen molar-refractivity contribution < 1.29 is 18.3 Å². The fraction of sp³-hybridized carbons (Fsp3) is 0.500. The number of carbonyl (C=O) groups is 1. The van der Waals surface area contributed by atoms with Gasteiger partial charge >= 0.3 is 0 Å². The molecule has 0 unspecified atom stereocenters. The molecule has 1 N–H and O–H groups in total. The van der Waals surface area contributed by atoms with Crippen molar-refractivity contribution >= 4 is 11.6 Å². The highest BCUT2D eigenvalue weighted by Crippen LogP contribution is 2.18. The molecule has 110 valence electrons. The molecule has 2 rings (SSSR count). The monoisotopic (exact) mass is 284 g/mol. The van der Waals surface area contributed by atoms with Gasteiger partial charge in [0.05, 0.1) is 18.8 Å². The van der Waals surface area contributed by atoms with Crippen LogP contribution >= 0.6 is 0 Å². The summed E-state index contributed by atoms with van der Waals surface area (Å²) >= 11 is 0. The highest BCUT2D eigenvalue weighted by atomic mass is 19.1. The number of anilines is 1. The zero-order chi connectivity index (χ0) is 14.7. The quantitative estimate of drug-likeness (QED) is 0.923. The predicted molar refractivity (Wildman–Crippen MR) is 71.4 cm³/mol. The predicted octanol–water partition coefficient (Wildman–Crippen LogP) is 2.01. The first-order valence-electron chi connectivity index (χ1n) is 6.57. The lowest BCUT2D eigenvalue weighted by Gasteiger charge is -2.34. The standard InChI is InChI=1S/C14H18F2N2O2/c1-9-6-18(7-10(2)20-9)8-13(19)17-14-11(15)4-3-5-12(14)16/h3-5,9-10H,6-8H2,1-2H3,(H,17,19)/t9-,10-/m0/s1. The van der Waals surface area contributed by atoms with E-state index in [0.29, 0.717) is 13.1 Å². The molecular weight excluding hydrogens is 266 g/mol. The lowest BCUT2D eigenvalue weighted by molar-refractivity contribution is -0.121. The van der Waals surface area contributed by atoms with Crippen molar-refractivity contribution in [2.24, 2.45) is 0 Å². The number of para-hydroxylation sites is 1. The molecule has 1 aliphatic rings. The molecule has 1 saturated heterocycles. The summed E-state index contributed by atoms with van der Waals surface area (Å²) in [5.41, 5.74) is -0.396. The van der Waals surface area contributed by atoms with E-state index < -0.39 is 23.2 Å². The van der Waals surface area contributed by atoms with Crippen molar-refractivity contribution in [1.82, 2.24) is 4.90 Å². The Balaban J connectivity index is 1.95. The van der Waals surface area contributed by atoms with E-state index in [4.69, 9.17) is 4.74 Å². The van der Waals surface area contributed by atoms with Crippen molar-refractivity contribution in [3.8, 4) is 0 Å². The second-order valence-electron chi connectivity index (χ2n) is 5.10. The third-order valence-corrected chi connectivity index (χ3v) is 3.09. The summed E-state index contributed by atoms with van der Waals surface area (Å²) in [6.07, 6.45) is 0.0773. The summed E-state index contributed by atoms with van der Waals surface area (Å²) in [6.45, 7) is 5.19. The minimum absolute atomic E-state index is 0.0387. The second-order valence-corrected chi connectivity index (χ2v) is 5.10. The summed E-state index contributed by atoms with van der Waals surface area (Å²) in [5, 5.41) is 2.28. The molecule has 1 fully saturated rings. The van der Waals surface area contributed by atoms with E-state index >= 15 is 0 Å². The van der Waals surface area contributed by atoms with Crippen molar-refractivity contribution in [3.63, 3.8) is 0 Å². The molecule has 2 atom stereocenters. The van der Waals surface area contributed by atoms with E-state index in [0.717, 1.165) is 12.1 Å². The van der Waals surface area contributed by atoms with Crippen molar-refractivity contribution in [2.75, 3.05) is 25.0 Å². The molecule has 0 spiro atoms. The highest BCUT2D eigenvalue weighted by Gasteiger charge is 2.24. The Morgan fingerprint density at radius 1 is 1.30 bits per heavy atom. The van der Waals surface area contributed by atoms with Crippen LogP contribution in [0.2, 0.25) is 0 Å². The van der Waals surface area contributed by atoms with E-state index in [1.165, 1.54) is 6.07 Å². The number of rotatable bonds is 3. The van der Waals surface area contributed by atoms with Crippen molar-refractivity contribution in [2.45, 2.75) is 26.1 Å². The van der Waals surface area contributed by atoms with E-state index in [2.05, 4.69) is 5.32 Å². The van der Waals surface area contributed by atoms with E-state index in [9.17, 15) is 13.6 Å². The van der Waals surface area contributed by atoms with Crippen LogP contribution < -0.4 is 5.32 Å². The first-order valence-corrected chi connectivity index (χ1v) is 6.57. The van der Waals surface area contributed by atoms with Crippen molar-refractivity contribution in [3.05, 3.63) is 29.8 Å². The van der Waals surface area contributed by atoms with Crippen LogP contribution in [0, 0.1) is 11.6 Å². The summed E-state index contributed by atoms with van der Waals surface area (Å²) < 4.78 is 32.4. The third kappa shape index (κ3) is 3.74. The lowest BCUT2D eigenvalue weighted by atomic mass is 10.2. The first-order chi connectivity index (χ1) is 9.45. The SMILES string of the molecule is C[C@H]1CN(CC(=O)Nc2c(F)cccc2F)C[C@H](C)O1. The Kier molecular flexibility index (Phi) is 4.67. The van der Waals surface area contributed by atoms with Crippen LogP contribution in [0.15, 0.2) is 18.2 Å². The van der Waals surface area contributed by atoms with Crippen LogP contribution in [-0.2, 0) is 9.53 Å². The van der Waals surface area contributed by atoms with Gasteiger partial charge in [-0.1, -0.05) is 6.07 Å². The van der Waals surface area contributed by atoms with Gasteiger partial charge in [-0.3, -0.25) is 9.69 Å². The molecule has 4 nitrogen and oxygen atoms in total. The normalized spacial score (nSPS) is 23.6. The molecule has 0 radical (unpaired) electrons. The number of hydrogen-bond acceptors (Lipinski definition) is 3. The third-order valence-electron chi connectivity index (χ3n) is 3.09. The summed E-state index contributed by atoms with van der Waals surface area (Å²) in [6, 6.07) is 3.47. The molecule has 6 heteroatoms. The van der Waals surface area contributed by atoms with Gasteiger partial charge < -0.3 is 10.1 Å². The molecule has 1 aromatic carbocycles. The maximum atomic E-state index is 13.4. The molecule has 1 heterocycles. The number of halogens is 2. The number of hydrogen-bond donors (Lipinski definition) is 1. The van der Waals surface area contributed by atoms with Crippen LogP contribution in [0.4, 0.5) is 14.5 Å². The fourth-order valence-corrected chi connectivity index (χ4v) is 2.41. The van der Waals surface area contributed by atoms with Gasteiger partial charge in [0.1, 0.15) is 17.3 Å². The molecule has 20 heavy (non-hydrogen) atoms. The number of amides is 1. The number of nitrogens with zero attached hydrogens (tertiary/aromatic N) is 1. The molecule has 1 amide bonds. The van der Waals surface area contributed by atoms with Crippen LogP contribution in [0.5, 0.6) is 0 Å². The van der Waals surface area contributed by atoms with E-state index in [1.807, 2.05) is 18.7 Å². The van der Waals surface area contributed by atoms with Crippen molar-refractivity contribution in [1.29, 1.82) is 0 Å². The largest absolute Gasteiger partial charge is 0.373 e. The van der Waals surface area contributed by atoms with Gasteiger partial charge in [0.25, 0.3) is 0 Å². The molecule has 0 saturated carbocycles. The zero-order valence-corrected chi connectivity index (χ0v) is 11.5. The van der Waals surface area contributed by atoms with E-state index in [-0.39, 0.29) is 18.8 Å². The van der Waals surface area contributed by atoms with Crippen LogP contribution in [0.3, 0.4) is 0 Å². The minimum atomic E-state index is -0.776. The molecule has 0 bridgehead atoms. The maximum absolute atomic E-state index is 13.4. The lowest BCUT2D eigenvalue weighted by Crippen LogP contribution is -2.48. The first kappa shape index (κ1) is 14.9. The Morgan fingerprint density at radius 3 is 2.40 bits per heavy atom. The minimum Gasteiger partial charge on any atom is -0.373 e. The molecule has 0 aromatic heterocycles. The second kappa shape index (κ2) is 6.28. The van der Waals surface area contributed by atoms with Crippen LogP contribution in [0.25, 0.3) is 0 Å². The molecule has 0 aliphatic carbocycles. The van der Waals surface area contributed by atoms with Crippen LogP contribution in [0.1, 0.15) is 13.8 Å². The maximum Gasteiger partial charge on any atom is 0.238 e. The van der Waals surface area contributed by atoms with Gasteiger partial charge in [-0.15, -0.1) is 0 Å². The topological polar surface area (TPSA) is 41.6 Å². The molecule has 1 aromatic rings. The Hall–Kier alpha value is -1.53. The van der Waals surface area contributed by atoms with Gasteiger partial charge in [0.15, 0.2) is 0 Å². The Morgan fingerprint density at radius 2 is 1.85 bits per heavy atom. The number of ether oxygens (including phenoxy) is 1. The average molecular weight is 284 g/mol. The summed E-state index contributed by atoms with van der Waals surface area (Å²) in [5.74, 6) is -1.99. The fourth-order valence-electron chi connectivity index (χ4n) is 2.41. The zero-order valence-electron chi connectivity index (χ0n) is 11.5. The number of morpholine rings is 1. The number of carbonyl (C=O) groups excluding carboxylic acids is 1. The summed E-state index contributed by atoms with van der Waals surface area (Å²) in [4.78, 5) is 13.8. The highest BCUT2D eigenvalue weighted by molar-refractivity contribution is 5.92. The number of nitrogens with one attached hydrogen (secondary N) is 1. The van der Waals surface area contributed by atoms with Gasteiger partial charge in [-0.25, -0.2) is 8.78 Å². The Labute approximate surface area is 116 Å². The average Bonchev–Trinajstić information content (AvgIpc) is 2.32. The van der Waals surface area contributed by atoms with Crippen LogP contribution in [-0.4, -0.2) is 42.6 Å². The Bertz CT molecular complexity index is 466. The van der Waals surface area contributed by atoms with Gasteiger partial charge in [0, 0.05) is 13.1 Å². The van der Waals surface area contributed by atoms with Gasteiger partial charge in [0.2, 0.25) is 5.91 Å². The van der Waals surface area contributed by atoms with Gasteiger partial charge in [-0.05, 0) is 26.0 Å². The van der Waals surface area contributed by atoms with Gasteiger partial charge in [-0.2, -0.15) is 0 Å². The number of benzene rings is 1. The molecule has 1 aliphatic heterocycles. The summed E-state index contributed by atoms with van der Waals surface area (Å²) in [7, 11) is 0. The molecular formula is C14H18F2N2O2. The van der Waals surface area contributed by atoms with E-state index in [1.54, 1.807) is 0 Å².